The van der Waals surface area contributed by atoms with Gasteiger partial charge in [-0.05, 0) is 43.4 Å². The van der Waals surface area contributed by atoms with Crippen LogP contribution in [-0.2, 0) is 20.8 Å². The van der Waals surface area contributed by atoms with Crippen molar-refractivity contribution in [2.75, 3.05) is 6.54 Å². The molecule has 204 valence electrons. The highest BCUT2D eigenvalue weighted by Gasteiger charge is 2.43. The molecule has 2 aromatic carbocycles. The number of amidine groups is 2. The lowest BCUT2D eigenvalue weighted by atomic mass is 9.95. The first-order valence-electron chi connectivity index (χ1n) is 13.9. The van der Waals surface area contributed by atoms with Gasteiger partial charge in [0.2, 0.25) is 11.8 Å². The summed E-state index contributed by atoms with van der Waals surface area (Å²) in [6.45, 7) is 2.46. The summed E-state index contributed by atoms with van der Waals surface area (Å²) in [6.07, 6.45) is 6.81. The van der Waals surface area contributed by atoms with E-state index in [1.54, 1.807) is 0 Å². The minimum atomic E-state index is -0.829. The van der Waals surface area contributed by atoms with Crippen molar-refractivity contribution in [1.82, 2.24) is 15.5 Å². The Balaban J connectivity index is 1.28. The molecule has 9 heteroatoms. The van der Waals surface area contributed by atoms with Crippen LogP contribution in [0.1, 0.15) is 63.0 Å². The third kappa shape index (κ3) is 6.41. The first kappa shape index (κ1) is 27.1. The van der Waals surface area contributed by atoms with Gasteiger partial charge in [0.1, 0.15) is 11.9 Å². The highest BCUT2D eigenvalue weighted by Crippen LogP contribution is 2.35. The summed E-state index contributed by atoms with van der Waals surface area (Å²) in [4.78, 5) is 50.5. The lowest BCUT2D eigenvalue weighted by Gasteiger charge is -2.29. The average molecular weight is 546 g/mol. The zero-order valence-corrected chi connectivity index (χ0v) is 23.1. The van der Waals surface area contributed by atoms with E-state index in [9.17, 15) is 14.4 Å². The van der Waals surface area contributed by atoms with Crippen molar-refractivity contribution in [2.24, 2.45) is 9.98 Å². The minimum absolute atomic E-state index is 0.0181. The molecule has 2 aromatic rings. The largest absolute Gasteiger partial charge is 0.356 e. The van der Waals surface area contributed by atoms with Crippen molar-refractivity contribution in [3.05, 3.63) is 65.7 Å². The lowest BCUT2D eigenvalue weighted by molar-refractivity contribution is -0.128. The van der Waals surface area contributed by atoms with E-state index in [2.05, 4.69) is 10.6 Å². The summed E-state index contributed by atoms with van der Waals surface area (Å²) in [6, 6.07) is 16.9. The number of hydrogen-bond donors (Lipinski definition) is 2. The Kier molecular flexibility index (Phi) is 8.76. The maximum atomic E-state index is 13.6. The third-order valence-corrected chi connectivity index (χ3v) is 8.68. The third-order valence-electron chi connectivity index (χ3n) is 7.37. The van der Waals surface area contributed by atoms with Gasteiger partial charge in [-0.2, -0.15) is 0 Å². The number of para-hydroxylation sites is 1. The summed E-state index contributed by atoms with van der Waals surface area (Å²) in [5.41, 5.74) is 2.60. The zero-order chi connectivity index (χ0) is 27.2. The standard InChI is InChI=1S/C30H35N5O3S/c1-2-25(28(37)32-21-13-7-4-8-14-21)39-30-34-23-16-10-9-15-22(23)27-33-24(29(38)35(27)30)19-26(36)31-18-17-20-11-5-3-6-12-20/h3,5-6,9-12,15-16,21,24-25H,2,4,7-8,13-14,17-19H2,1H3,(H,31,36)(H,32,37)/t24-,25+/m1/s1. The summed E-state index contributed by atoms with van der Waals surface area (Å²) in [7, 11) is 0. The molecule has 2 atom stereocenters. The van der Waals surface area contributed by atoms with Crippen molar-refractivity contribution in [2.45, 2.75) is 75.6 Å². The molecule has 5 rings (SSSR count). The van der Waals surface area contributed by atoms with Crippen LogP contribution in [-0.4, -0.2) is 57.5 Å². The van der Waals surface area contributed by atoms with Gasteiger partial charge in [0.15, 0.2) is 5.17 Å². The SMILES string of the molecule is CC[C@H](SC1=Nc2ccccc2C2=N[C@H](CC(=O)NCCc3ccccc3)C(=O)N12)C(=O)NC1CCCCC1. The number of hydrogen-bond acceptors (Lipinski definition) is 6. The fraction of sp³-hybridized carbons (Fsp3) is 0.433. The molecule has 3 aliphatic rings. The second-order valence-electron chi connectivity index (χ2n) is 10.2. The van der Waals surface area contributed by atoms with Crippen LogP contribution < -0.4 is 10.6 Å². The van der Waals surface area contributed by atoms with Crippen LogP contribution in [0.5, 0.6) is 0 Å². The second kappa shape index (κ2) is 12.6. The Morgan fingerprint density at radius 2 is 1.79 bits per heavy atom. The molecule has 8 nitrogen and oxygen atoms in total. The maximum absolute atomic E-state index is 13.6. The summed E-state index contributed by atoms with van der Waals surface area (Å²) in [5, 5.41) is 6.19. The van der Waals surface area contributed by atoms with Crippen LogP contribution >= 0.6 is 11.8 Å². The number of amides is 3. The Morgan fingerprint density at radius 1 is 1.05 bits per heavy atom. The van der Waals surface area contributed by atoms with Gasteiger partial charge in [-0.25, -0.2) is 9.89 Å². The number of carbonyl (C=O) groups is 3. The first-order chi connectivity index (χ1) is 19.0. The molecule has 39 heavy (non-hydrogen) atoms. The summed E-state index contributed by atoms with van der Waals surface area (Å²) >= 11 is 1.30. The monoisotopic (exact) mass is 545 g/mol. The van der Waals surface area contributed by atoms with Crippen molar-refractivity contribution < 1.29 is 14.4 Å². The van der Waals surface area contributed by atoms with Crippen molar-refractivity contribution in [3.8, 4) is 0 Å². The lowest BCUT2D eigenvalue weighted by Crippen LogP contribution is -2.45. The molecule has 2 aliphatic heterocycles. The molecule has 2 heterocycles. The summed E-state index contributed by atoms with van der Waals surface area (Å²) < 4.78 is 0. The molecule has 0 aromatic heterocycles. The summed E-state index contributed by atoms with van der Waals surface area (Å²) in [5.74, 6) is -0.0223. The fourth-order valence-corrected chi connectivity index (χ4v) is 6.27. The predicted octanol–water partition coefficient (Wildman–Crippen LogP) is 4.35. The Bertz CT molecular complexity index is 1270. The van der Waals surface area contributed by atoms with Gasteiger partial charge >= 0.3 is 0 Å². The number of aliphatic imine (C=N–C) groups is 2. The molecule has 0 unspecified atom stereocenters. The molecule has 0 saturated heterocycles. The van der Waals surface area contributed by atoms with Crippen molar-refractivity contribution in [3.63, 3.8) is 0 Å². The predicted molar refractivity (Wildman–Crippen MR) is 155 cm³/mol. The van der Waals surface area contributed by atoms with Gasteiger partial charge in [-0.15, -0.1) is 0 Å². The molecule has 1 fully saturated rings. The molecular weight excluding hydrogens is 510 g/mol. The Labute approximate surface area is 233 Å². The number of thioether (sulfide) groups is 1. The van der Waals surface area contributed by atoms with Gasteiger partial charge in [-0.1, -0.05) is 80.4 Å². The van der Waals surface area contributed by atoms with Crippen LogP contribution in [0, 0.1) is 0 Å². The van der Waals surface area contributed by atoms with Crippen LogP contribution in [0.4, 0.5) is 5.69 Å². The van der Waals surface area contributed by atoms with Gasteiger partial charge in [0, 0.05) is 18.2 Å². The van der Waals surface area contributed by atoms with Crippen LogP contribution in [0.2, 0.25) is 0 Å². The van der Waals surface area contributed by atoms with E-state index in [1.165, 1.54) is 23.1 Å². The van der Waals surface area contributed by atoms with Crippen LogP contribution in [0.3, 0.4) is 0 Å². The van der Waals surface area contributed by atoms with E-state index in [0.29, 0.717) is 36.1 Å². The number of benzene rings is 2. The zero-order valence-electron chi connectivity index (χ0n) is 22.3. The van der Waals surface area contributed by atoms with Crippen molar-refractivity contribution >= 4 is 46.2 Å². The average Bonchev–Trinajstić information content (AvgIpc) is 3.28. The van der Waals surface area contributed by atoms with Crippen LogP contribution in [0.25, 0.3) is 0 Å². The van der Waals surface area contributed by atoms with E-state index in [-0.39, 0.29) is 35.4 Å². The molecule has 0 spiro atoms. The van der Waals surface area contributed by atoms with E-state index in [4.69, 9.17) is 9.98 Å². The van der Waals surface area contributed by atoms with E-state index >= 15 is 0 Å². The molecule has 1 aliphatic carbocycles. The van der Waals surface area contributed by atoms with Gasteiger partial charge in [-0.3, -0.25) is 19.4 Å². The first-order valence-corrected chi connectivity index (χ1v) is 14.8. The normalized spacial score (nSPS) is 19.5. The number of nitrogens with one attached hydrogen (secondary N) is 2. The van der Waals surface area contributed by atoms with Gasteiger partial charge in [0.05, 0.1) is 17.4 Å². The van der Waals surface area contributed by atoms with Crippen molar-refractivity contribution in [1.29, 1.82) is 0 Å². The smallest absolute Gasteiger partial charge is 0.259 e. The number of fused-ring (bicyclic) bond motifs is 3. The second-order valence-corrected chi connectivity index (χ2v) is 11.4. The minimum Gasteiger partial charge on any atom is -0.356 e. The quantitative estimate of drug-likeness (QED) is 0.489. The van der Waals surface area contributed by atoms with E-state index in [1.807, 2.05) is 61.5 Å². The molecule has 0 radical (unpaired) electrons. The van der Waals surface area contributed by atoms with Gasteiger partial charge < -0.3 is 10.6 Å². The highest BCUT2D eigenvalue weighted by atomic mass is 32.2. The molecule has 3 amide bonds. The topological polar surface area (TPSA) is 103 Å². The molecule has 2 N–H and O–H groups in total. The van der Waals surface area contributed by atoms with Gasteiger partial charge in [0.25, 0.3) is 5.91 Å². The number of nitrogens with zero attached hydrogens (tertiary/aromatic N) is 3. The molecule has 0 bridgehead atoms. The van der Waals surface area contributed by atoms with Crippen LogP contribution in [0.15, 0.2) is 64.6 Å². The number of rotatable bonds is 9. The Morgan fingerprint density at radius 3 is 2.56 bits per heavy atom. The molecular formula is C30H35N5O3S. The molecule has 1 saturated carbocycles. The van der Waals surface area contributed by atoms with E-state index < -0.39 is 6.04 Å². The Hall–Kier alpha value is -3.46. The fourth-order valence-electron chi connectivity index (χ4n) is 5.24. The van der Waals surface area contributed by atoms with E-state index in [0.717, 1.165) is 36.8 Å². The highest BCUT2D eigenvalue weighted by molar-refractivity contribution is 8.15. The maximum Gasteiger partial charge on any atom is 0.259 e. The number of carbonyl (C=O) groups excluding carboxylic acids is 3.